The average Bonchev–Trinajstić information content (AvgIpc) is 3.19. The molecule has 0 radical (unpaired) electrons. The highest BCUT2D eigenvalue weighted by Gasteiger charge is 2.59. The van der Waals surface area contributed by atoms with E-state index in [4.69, 9.17) is 9.47 Å². The zero-order valence-electron chi connectivity index (χ0n) is 19.6. The van der Waals surface area contributed by atoms with E-state index in [1.165, 1.54) is 6.33 Å². The van der Waals surface area contributed by atoms with E-state index in [-0.39, 0.29) is 11.2 Å². The van der Waals surface area contributed by atoms with E-state index in [0.717, 1.165) is 30.8 Å². The Balaban J connectivity index is 1.33. The smallest absolute Gasteiger partial charge is 0.156 e. The van der Waals surface area contributed by atoms with Crippen molar-refractivity contribution in [1.82, 2.24) is 24.7 Å². The molecular formula is C27H23FN6O2. The molecule has 5 aromatic rings. The standard InChI is InChI=1S/C27H23FN6O2/c1-34-11-17(10-32-34)16-7-22-24(23(8-16)36-14-27-9-18(27)12-35-13-27)26(31-15-30-22)33-21-5-4-20-19(25(21)28)3-2-6-29-20/h2-8,10-11,15,18H,9,12-14H2,1H3,(H,30,31,33)/t18-,27+/m1/s1. The molecule has 0 spiro atoms. The van der Waals surface area contributed by atoms with E-state index in [1.807, 2.05) is 31.6 Å². The third-order valence-corrected chi connectivity index (χ3v) is 7.29. The molecule has 1 saturated heterocycles. The molecule has 1 aliphatic heterocycles. The molecule has 0 amide bonds. The molecule has 180 valence electrons. The fourth-order valence-corrected chi connectivity index (χ4v) is 5.13. The van der Waals surface area contributed by atoms with Gasteiger partial charge in [0.05, 0.1) is 48.1 Å². The number of hydrogen-bond acceptors (Lipinski definition) is 7. The number of anilines is 2. The third kappa shape index (κ3) is 3.46. The minimum atomic E-state index is -0.385. The summed E-state index contributed by atoms with van der Waals surface area (Å²) in [4.78, 5) is 13.2. The molecule has 2 aromatic carbocycles. The van der Waals surface area contributed by atoms with Crippen molar-refractivity contribution in [2.24, 2.45) is 18.4 Å². The quantitative estimate of drug-likeness (QED) is 0.369. The summed E-state index contributed by atoms with van der Waals surface area (Å²) in [7, 11) is 1.88. The summed E-state index contributed by atoms with van der Waals surface area (Å²) in [5, 5.41) is 8.63. The van der Waals surface area contributed by atoms with E-state index in [0.29, 0.717) is 51.6 Å². The Morgan fingerprint density at radius 1 is 1.17 bits per heavy atom. The summed E-state index contributed by atoms with van der Waals surface area (Å²) in [6.07, 6.45) is 8.00. The minimum Gasteiger partial charge on any atom is -0.492 e. The van der Waals surface area contributed by atoms with Crippen LogP contribution in [0.4, 0.5) is 15.9 Å². The zero-order valence-corrected chi connectivity index (χ0v) is 19.6. The SMILES string of the molecule is Cn1cc(-c2cc(OC[C@]34COC[C@H]3C4)c3c(Nc4ccc5ncccc5c4F)ncnc3c2)cn1. The molecule has 2 atom stereocenters. The number of nitrogens with one attached hydrogen (secondary N) is 1. The summed E-state index contributed by atoms with van der Waals surface area (Å²) >= 11 is 0. The van der Waals surface area contributed by atoms with Crippen LogP contribution < -0.4 is 10.1 Å². The van der Waals surface area contributed by atoms with Crippen LogP contribution in [0.5, 0.6) is 5.75 Å². The Bertz CT molecular complexity index is 1640. The number of fused-ring (bicyclic) bond motifs is 3. The van der Waals surface area contributed by atoms with Gasteiger partial charge in [0.2, 0.25) is 0 Å². The predicted octanol–water partition coefficient (Wildman–Crippen LogP) is 4.88. The van der Waals surface area contributed by atoms with Crippen LogP contribution in [0.15, 0.2) is 61.3 Å². The van der Waals surface area contributed by atoms with Gasteiger partial charge in [0.1, 0.15) is 17.9 Å². The predicted molar refractivity (Wildman–Crippen MR) is 134 cm³/mol. The van der Waals surface area contributed by atoms with Crippen molar-refractivity contribution in [3.05, 3.63) is 67.1 Å². The van der Waals surface area contributed by atoms with E-state index in [2.05, 4.69) is 25.4 Å². The maximum absolute atomic E-state index is 15.4. The number of aryl methyl sites for hydroxylation is 1. The number of halogens is 1. The third-order valence-electron chi connectivity index (χ3n) is 7.29. The molecule has 2 aliphatic rings. The summed E-state index contributed by atoms with van der Waals surface area (Å²) in [6, 6.07) is 10.9. The number of aromatic nitrogens is 5. The Morgan fingerprint density at radius 3 is 2.92 bits per heavy atom. The Kier molecular flexibility index (Phi) is 4.69. The van der Waals surface area contributed by atoms with Gasteiger partial charge in [0.15, 0.2) is 5.82 Å². The van der Waals surface area contributed by atoms with E-state index in [1.54, 1.807) is 35.1 Å². The van der Waals surface area contributed by atoms with Gasteiger partial charge in [-0.25, -0.2) is 14.4 Å². The first kappa shape index (κ1) is 21.2. The molecule has 0 unspecified atom stereocenters. The monoisotopic (exact) mass is 482 g/mol. The highest BCUT2D eigenvalue weighted by atomic mass is 19.1. The van der Waals surface area contributed by atoms with Crippen LogP contribution in [0.3, 0.4) is 0 Å². The fraction of sp³-hybridized carbons (Fsp3) is 0.259. The number of pyridine rings is 1. The second-order valence-corrected chi connectivity index (χ2v) is 9.68. The van der Waals surface area contributed by atoms with Crippen LogP contribution in [-0.4, -0.2) is 44.6 Å². The van der Waals surface area contributed by atoms with Crippen LogP contribution in [0.1, 0.15) is 6.42 Å². The lowest BCUT2D eigenvalue weighted by Crippen LogP contribution is -2.17. The lowest BCUT2D eigenvalue weighted by Gasteiger charge is -2.17. The van der Waals surface area contributed by atoms with Crippen molar-refractivity contribution >= 4 is 33.3 Å². The second kappa shape index (κ2) is 7.96. The highest BCUT2D eigenvalue weighted by molar-refractivity contribution is 5.99. The number of nitrogens with zero attached hydrogens (tertiary/aromatic N) is 5. The molecule has 36 heavy (non-hydrogen) atoms. The molecule has 1 saturated carbocycles. The Hall–Kier alpha value is -4.11. The number of rotatable bonds is 6. The molecule has 8 nitrogen and oxygen atoms in total. The van der Waals surface area contributed by atoms with Crippen LogP contribution >= 0.6 is 0 Å². The Morgan fingerprint density at radius 2 is 2.11 bits per heavy atom. The lowest BCUT2D eigenvalue weighted by molar-refractivity contribution is 0.124. The molecule has 7 rings (SSSR count). The first-order chi connectivity index (χ1) is 17.6. The van der Waals surface area contributed by atoms with Crippen LogP contribution in [0, 0.1) is 17.2 Å². The molecule has 4 heterocycles. The molecule has 3 aromatic heterocycles. The highest BCUT2D eigenvalue weighted by Crippen LogP contribution is 2.57. The van der Waals surface area contributed by atoms with Gasteiger partial charge in [-0.05, 0) is 54.3 Å². The number of hydrogen-bond donors (Lipinski definition) is 1. The van der Waals surface area contributed by atoms with Gasteiger partial charge >= 0.3 is 0 Å². The van der Waals surface area contributed by atoms with Crippen LogP contribution in [-0.2, 0) is 11.8 Å². The van der Waals surface area contributed by atoms with Gasteiger partial charge in [0.25, 0.3) is 0 Å². The average molecular weight is 483 g/mol. The maximum Gasteiger partial charge on any atom is 0.156 e. The van der Waals surface area contributed by atoms with Crippen LogP contribution in [0.25, 0.3) is 32.9 Å². The van der Waals surface area contributed by atoms with Gasteiger partial charge in [-0.2, -0.15) is 5.10 Å². The second-order valence-electron chi connectivity index (χ2n) is 9.68. The molecule has 1 aliphatic carbocycles. The molecule has 2 fully saturated rings. The van der Waals surface area contributed by atoms with Gasteiger partial charge in [-0.1, -0.05) is 0 Å². The topological polar surface area (TPSA) is 87.0 Å². The summed E-state index contributed by atoms with van der Waals surface area (Å²) in [5.41, 5.74) is 3.57. The van der Waals surface area contributed by atoms with Gasteiger partial charge in [0, 0.05) is 35.8 Å². The van der Waals surface area contributed by atoms with E-state index in [9.17, 15) is 0 Å². The van der Waals surface area contributed by atoms with Crippen LogP contribution in [0.2, 0.25) is 0 Å². The number of benzene rings is 2. The normalized spacial score (nSPS) is 20.6. The van der Waals surface area contributed by atoms with Crippen molar-refractivity contribution in [2.75, 3.05) is 25.1 Å². The number of ether oxygens (including phenoxy) is 2. The van der Waals surface area contributed by atoms with Crippen molar-refractivity contribution in [1.29, 1.82) is 0 Å². The van der Waals surface area contributed by atoms with Crippen molar-refractivity contribution < 1.29 is 13.9 Å². The van der Waals surface area contributed by atoms with Gasteiger partial charge < -0.3 is 14.8 Å². The lowest BCUT2D eigenvalue weighted by atomic mass is 10.1. The molecule has 0 bridgehead atoms. The summed E-state index contributed by atoms with van der Waals surface area (Å²) < 4.78 is 29.2. The first-order valence-corrected chi connectivity index (χ1v) is 11.9. The van der Waals surface area contributed by atoms with Crippen molar-refractivity contribution in [3.63, 3.8) is 0 Å². The van der Waals surface area contributed by atoms with E-state index < -0.39 is 0 Å². The Labute approximate surface area is 206 Å². The fourth-order valence-electron chi connectivity index (χ4n) is 5.13. The van der Waals surface area contributed by atoms with Gasteiger partial charge in [-0.15, -0.1) is 0 Å². The molecular weight excluding hydrogens is 459 g/mol. The van der Waals surface area contributed by atoms with E-state index >= 15 is 4.39 Å². The van der Waals surface area contributed by atoms with Crippen molar-refractivity contribution in [3.8, 4) is 16.9 Å². The zero-order chi connectivity index (χ0) is 24.3. The summed E-state index contributed by atoms with van der Waals surface area (Å²) in [6.45, 7) is 2.06. The van der Waals surface area contributed by atoms with Gasteiger partial charge in [-0.3, -0.25) is 9.67 Å². The van der Waals surface area contributed by atoms with Crippen molar-refractivity contribution in [2.45, 2.75) is 6.42 Å². The minimum absolute atomic E-state index is 0.0807. The first-order valence-electron chi connectivity index (χ1n) is 11.9. The summed E-state index contributed by atoms with van der Waals surface area (Å²) in [5.74, 6) is 1.29. The largest absolute Gasteiger partial charge is 0.492 e. The molecule has 1 N–H and O–H groups in total. The molecule has 9 heteroatoms. The maximum atomic E-state index is 15.4.